The number of nitrogens with one attached hydrogen (secondary N) is 2. The lowest BCUT2D eigenvalue weighted by atomic mass is 10.0. The van der Waals surface area contributed by atoms with Gasteiger partial charge in [0, 0.05) is 31.1 Å². The van der Waals surface area contributed by atoms with E-state index in [1.807, 2.05) is 0 Å². The molecule has 0 saturated carbocycles. The van der Waals surface area contributed by atoms with Crippen molar-refractivity contribution < 1.29 is 14.3 Å². The summed E-state index contributed by atoms with van der Waals surface area (Å²) < 4.78 is 11.0. The number of benzene rings is 1. The van der Waals surface area contributed by atoms with Gasteiger partial charge in [0.15, 0.2) is 11.5 Å². The third kappa shape index (κ3) is 5.44. The third-order valence-electron chi connectivity index (χ3n) is 3.47. The quantitative estimate of drug-likeness (QED) is 0.782. The van der Waals surface area contributed by atoms with Crippen molar-refractivity contribution in [3.05, 3.63) is 22.7 Å². The van der Waals surface area contributed by atoms with Crippen molar-refractivity contribution in [1.82, 2.24) is 10.6 Å². The molecule has 0 bridgehead atoms. The highest BCUT2D eigenvalue weighted by atomic mass is 35.5. The number of methoxy groups -OCH3 is 1. The minimum atomic E-state index is -0.150. The van der Waals surface area contributed by atoms with Gasteiger partial charge < -0.3 is 20.1 Å². The Hall–Kier alpha value is -1.17. The lowest BCUT2D eigenvalue weighted by molar-refractivity contribution is 0.0941. The van der Waals surface area contributed by atoms with Crippen molar-refractivity contribution in [3.8, 4) is 11.5 Å². The summed E-state index contributed by atoms with van der Waals surface area (Å²) in [5.41, 5.74) is 0.478. The van der Waals surface area contributed by atoms with E-state index in [0.29, 0.717) is 47.1 Å². The average Bonchev–Trinajstić information content (AvgIpc) is 2.43. The van der Waals surface area contributed by atoms with Crippen LogP contribution in [0.1, 0.15) is 24.2 Å². The van der Waals surface area contributed by atoms with Gasteiger partial charge in [-0.25, -0.2) is 0 Å². The van der Waals surface area contributed by atoms with Crippen molar-refractivity contribution in [2.45, 2.75) is 13.8 Å². The summed E-state index contributed by atoms with van der Waals surface area (Å²) in [5, 5.41) is 6.47. The standard InChI is InChI=1S/C16H23ClN2O3.ClH/c1-10(2)9-22-15-13(17)4-12(5-14(15)21-3)16(20)19-8-11-6-18-7-11;/h4-5,10-11,18H,6-9H2,1-3H3,(H,19,20);1H. The zero-order valence-electron chi connectivity index (χ0n) is 13.6. The van der Waals surface area contributed by atoms with Gasteiger partial charge in [-0.1, -0.05) is 25.4 Å². The van der Waals surface area contributed by atoms with E-state index in [9.17, 15) is 4.79 Å². The lowest BCUT2D eigenvalue weighted by Gasteiger charge is -2.27. The van der Waals surface area contributed by atoms with Gasteiger partial charge in [-0.15, -0.1) is 12.4 Å². The number of carbonyl (C=O) groups is 1. The zero-order valence-corrected chi connectivity index (χ0v) is 15.2. The molecular weight excluding hydrogens is 339 g/mol. The molecule has 0 unspecified atom stereocenters. The molecule has 0 radical (unpaired) electrons. The van der Waals surface area contributed by atoms with Crippen molar-refractivity contribution in [2.75, 3.05) is 33.4 Å². The van der Waals surface area contributed by atoms with Crippen molar-refractivity contribution in [3.63, 3.8) is 0 Å². The van der Waals surface area contributed by atoms with E-state index in [4.69, 9.17) is 21.1 Å². The summed E-state index contributed by atoms with van der Waals surface area (Å²) in [7, 11) is 1.54. The fourth-order valence-electron chi connectivity index (χ4n) is 2.07. The summed E-state index contributed by atoms with van der Waals surface area (Å²) in [6.45, 7) is 7.21. The van der Waals surface area contributed by atoms with Crippen LogP contribution in [0.15, 0.2) is 12.1 Å². The van der Waals surface area contributed by atoms with Crippen molar-refractivity contribution >= 4 is 29.9 Å². The Kier molecular flexibility index (Phi) is 7.95. The van der Waals surface area contributed by atoms with Crippen molar-refractivity contribution in [2.24, 2.45) is 11.8 Å². The molecule has 0 atom stereocenters. The largest absolute Gasteiger partial charge is 0.493 e. The first-order valence-corrected chi connectivity index (χ1v) is 7.88. The van der Waals surface area contributed by atoms with E-state index < -0.39 is 0 Å². The number of hydrogen-bond acceptors (Lipinski definition) is 4. The Morgan fingerprint density at radius 2 is 2.13 bits per heavy atom. The minimum Gasteiger partial charge on any atom is -0.493 e. The molecular formula is C16H24Cl2N2O3. The van der Waals surface area contributed by atoms with Gasteiger partial charge in [0.05, 0.1) is 18.7 Å². The van der Waals surface area contributed by atoms with Crippen LogP contribution in [0.5, 0.6) is 11.5 Å². The second kappa shape index (κ2) is 9.21. The molecule has 1 aliphatic rings. The molecule has 1 aliphatic heterocycles. The van der Waals surface area contributed by atoms with Crippen LogP contribution in [0.3, 0.4) is 0 Å². The monoisotopic (exact) mass is 362 g/mol. The average molecular weight is 363 g/mol. The van der Waals surface area contributed by atoms with Crippen LogP contribution < -0.4 is 20.1 Å². The first kappa shape index (κ1) is 19.9. The van der Waals surface area contributed by atoms with Crippen LogP contribution in [-0.2, 0) is 0 Å². The Morgan fingerprint density at radius 3 is 2.65 bits per heavy atom. The van der Waals surface area contributed by atoms with E-state index >= 15 is 0 Å². The normalized spacial score (nSPS) is 14.0. The van der Waals surface area contributed by atoms with Crippen LogP contribution in [0, 0.1) is 11.8 Å². The summed E-state index contributed by atoms with van der Waals surface area (Å²) in [6.07, 6.45) is 0. The fraction of sp³-hybridized carbons (Fsp3) is 0.562. The number of rotatable bonds is 7. The highest BCUT2D eigenvalue weighted by molar-refractivity contribution is 6.32. The van der Waals surface area contributed by atoms with Crippen LogP contribution >= 0.6 is 24.0 Å². The lowest BCUT2D eigenvalue weighted by Crippen LogP contribution is -2.48. The third-order valence-corrected chi connectivity index (χ3v) is 3.75. The van der Waals surface area contributed by atoms with Gasteiger partial charge in [-0.2, -0.15) is 0 Å². The maximum atomic E-state index is 12.2. The molecule has 1 amide bonds. The minimum absolute atomic E-state index is 0. The van der Waals surface area contributed by atoms with E-state index in [2.05, 4.69) is 24.5 Å². The molecule has 0 aromatic heterocycles. The number of halogens is 2. The second-order valence-corrected chi connectivity index (χ2v) is 6.34. The van der Waals surface area contributed by atoms with Gasteiger partial charge in [-0.3, -0.25) is 4.79 Å². The highest BCUT2D eigenvalue weighted by Gasteiger charge is 2.19. The molecule has 5 nitrogen and oxygen atoms in total. The number of hydrogen-bond donors (Lipinski definition) is 2. The Labute approximate surface area is 148 Å². The van der Waals surface area contributed by atoms with E-state index in [-0.39, 0.29) is 18.3 Å². The SMILES string of the molecule is COc1cc(C(=O)NCC2CNC2)cc(Cl)c1OCC(C)C.Cl. The van der Waals surface area contributed by atoms with Gasteiger partial charge >= 0.3 is 0 Å². The van der Waals surface area contributed by atoms with Crippen LogP contribution in [0.4, 0.5) is 0 Å². The Morgan fingerprint density at radius 1 is 1.43 bits per heavy atom. The van der Waals surface area contributed by atoms with E-state index in [1.165, 1.54) is 7.11 Å². The summed E-state index contributed by atoms with van der Waals surface area (Å²) in [5.74, 6) is 1.69. The Bertz CT molecular complexity index is 534. The number of amides is 1. The molecule has 1 aromatic rings. The predicted octanol–water partition coefficient (Wildman–Crippen LogP) is 2.75. The second-order valence-electron chi connectivity index (χ2n) is 5.93. The molecule has 1 saturated heterocycles. The summed E-state index contributed by atoms with van der Waals surface area (Å²) in [6, 6.07) is 3.28. The van der Waals surface area contributed by atoms with Gasteiger partial charge in [0.25, 0.3) is 5.91 Å². The maximum absolute atomic E-state index is 12.2. The molecule has 1 aromatic carbocycles. The molecule has 7 heteroatoms. The van der Waals surface area contributed by atoms with Crippen LogP contribution in [0.25, 0.3) is 0 Å². The predicted molar refractivity (Wildman–Crippen MR) is 94.3 cm³/mol. The van der Waals surface area contributed by atoms with Crippen LogP contribution in [-0.4, -0.2) is 39.3 Å². The first-order chi connectivity index (χ1) is 10.5. The molecule has 0 spiro atoms. The number of carbonyl (C=O) groups excluding carboxylic acids is 1. The number of ether oxygens (including phenoxy) is 2. The smallest absolute Gasteiger partial charge is 0.251 e. The molecule has 0 aliphatic carbocycles. The molecule has 2 rings (SSSR count). The highest BCUT2D eigenvalue weighted by Crippen LogP contribution is 2.36. The van der Waals surface area contributed by atoms with Gasteiger partial charge in [-0.05, 0) is 18.1 Å². The molecule has 1 fully saturated rings. The molecule has 1 heterocycles. The van der Waals surface area contributed by atoms with Crippen molar-refractivity contribution in [1.29, 1.82) is 0 Å². The summed E-state index contributed by atoms with van der Waals surface area (Å²) in [4.78, 5) is 12.2. The molecule has 2 N–H and O–H groups in total. The fourth-order valence-corrected chi connectivity index (χ4v) is 2.34. The van der Waals surface area contributed by atoms with E-state index in [1.54, 1.807) is 12.1 Å². The van der Waals surface area contributed by atoms with Gasteiger partial charge in [0.2, 0.25) is 0 Å². The summed E-state index contributed by atoms with van der Waals surface area (Å²) >= 11 is 6.25. The first-order valence-electron chi connectivity index (χ1n) is 7.50. The topological polar surface area (TPSA) is 59.6 Å². The van der Waals surface area contributed by atoms with Crippen LogP contribution in [0.2, 0.25) is 5.02 Å². The zero-order chi connectivity index (χ0) is 16.1. The maximum Gasteiger partial charge on any atom is 0.251 e. The molecule has 23 heavy (non-hydrogen) atoms. The Balaban J connectivity index is 0.00000264. The van der Waals surface area contributed by atoms with Gasteiger partial charge in [0.1, 0.15) is 0 Å². The molecule has 130 valence electrons. The van der Waals surface area contributed by atoms with E-state index in [0.717, 1.165) is 13.1 Å².